The van der Waals surface area contributed by atoms with Gasteiger partial charge in [0, 0.05) is 20.0 Å². The molecule has 0 aliphatic rings. The topological polar surface area (TPSA) is 95.9 Å². The number of carboxylic acid groups (broad SMARTS) is 1. The number of likely N-dealkylation sites (N-methyl/N-ethyl adjacent to an activating group) is 1. The van der Waals surface area contributed by atoms with Gasteiger partial charge in [0.05, 0.1) is 18.0 Å². The lowest BCUT2D eigenvalue weighted by Gasteiger charge is -2.16. The maximum Gasteiger partial charge on any atom is 0.303 e. The number of thiophene rings is 1. The van der Waals surface area contributed by atoms with Gasteiger partial charge in [0.1, 0.15) is 5.75 Å². The minimum Gasteiger partial charge on any atom is -0.494 e. The predicted molar refractivity (Wildman–Crippen MR) is 102 cm³/mol. The van der Waals surface area contributed by atoms with E-state index in [1.54, 1.807) is 31.3 Å². The van der Waals surface area contributed by atoms with Crippen molar-refractivity contribution < 1.29 is 24.2 Å². The molecule has 0 spiro atoms. The van der Waals surface area contributed by atoms with E-state index in [1.165, 1.54) is 16.2 Å². The number of aliphatic carboxylic acids is 1. The molecule has 8 heteroatoms. The van der Waals surface area contributed by atoms with Crippen LogP contribution < -0.4 is 10.1 Å². The lowest BCUT2D eigenvalue weighted by Crippen LogP contribution is -2.37. The van der Waals surface area contributed by atoms with Crippen LogP contribution in [0.25, 0.3) is 0 Å². The molecule has 2 amide bonds. The van der Waals surface area contributed by atoms with E-state index in [2.05, 4.69) is 5.32 Å². The number of hydrogen-bond donors (Lipinski definition) is 2. The van der Waals surface area contributed by atoms with Gasteiger partial charge in [-0.25, -0.2) is 0 Å². The van der Waals surface area contributed by atoms with Crippen molar-refractivity contribution in [3.05, 3.63) is 52.2 Å². The fourth-order valence-corrected chi connectivity index (χ4v) is 2.97. The monoisotopic (exact) mass is 390 g/mol. The summed E-state index contributed by atoms with van der Waals surface area (Å²) >= 11 is 1.34. The second-order valence-electron chi connectivity index (χ2n) is 5.90. The first-order valence-corrected chi connectivity index (χ1v) is 9.33. The van der Waals surface area contributed by atoms with Crippen LogP contribution >= 0.6 is 11.3 Å². The van der Waals surface area contributed by atoms with Gasteiger partial charge in [-0.3, -0.25) is 14.4 Å². The average Bonchev–Trinajstić information content (AvgIpc) is 3.18. The summed E-state index contributed by atoms with van der Waals surface area (Å²) in [5.41, 5.74) is 0.897. The van der Waals surface area contributed by atoms with E-state index in [4.69, 9.17) is 9.84 Å². The van der Waals surface area contributed by atoms with Gasteiger partial charge in [-0.15, -0.1) is 11.3 Å². The number of rotatable bonds is 10. The van der Waals surface area contributed by atoms with Crippen LogP contribution in [0.5, 0.6) is 5.75 Å². The number of amides is 2. The number of hydrogen-bond acceptors (Lipinski definition) is 5. The van der Waals surface area contributed by atoms with E-state index in [1.807, 2.05) is 17.5 Å². The van der Waals surface area contributed by atoms with E-state index in [0.29, 0.717) is 30.2 Å². The van der Waals surface area contributed by atoms with Crippen LogP contribution in [-0.2, 0) is 16.1 Å². The first kappa shape index (κ1) is 20.4. The van der Waals surface area contributed by atoms with Crippen LogP contribution in [0, 0.1) is 0 Å². The summed E-state index contributed by atoms with van der Waals surface area (Å²) in [6.07, 6.45) is 0.526. The van der Waals surface area contributed by atoms with Gasteiger partial charge in [-0.05, 0) is 35.6 Å². The van der Waals surface area contributed by atoms with Crippen molar-refractivity contribution in [2.24, 2.45) is 0 Å². The number of nitrogens with zero attached hydrogens (tertiary/aromatic N) is 1. The zero-order valence-electron chi connectivity index (χ0n) is 15.0. The van der Waals surface area contributed by atoms with Crippen molar-refractivity contribution in [1.82, 2.24) is 10.2 Å². The quantitative estimate of drug-likeness (QED) is 0.607. The number of carbonyl (C=O) groups is 3. The molecule has 0 saturated heterocycles. The second-order valence-corrected chi connectivity index (χ2v) is 6.85. The first-order valence-electron chi connectivity index (χ1n) is 8.45. The van der Waals surface area contributed by atoms with Crippen LogP contribution in [0.15, 0.2) is 41.8 Å². The summed E-state index contributed by atoms with van der Waals surface area (Å²) in [5.74, 6) is -0.606. The molecule has 2 aromatic rings. The minimum atomic E-state index is -0.840. The fourth-order valence-electron chi connectivity index (χ4n) is 2.25. The molecule has 1 aromatic heterocycles. The average molecular weight is 390 g/mol. The van der Waals surface area contributed by atoms with Gasteiger partial charge in [-0.2, -0.15) is 0 Å². The van der Waals surface area contributed by atoms with Gasteiger partial charge in [0.15, 0.2) is 0 Å². The molecular weight excluding hydrogens is 368 g/mol. The molecule has 7 nitrogen and oxygen atoms in total. The molecule has 0 radical (unpaired) electrons. The molecule has 0 aliphatic heterocycles. The third-order valence-corrected chi connectivity index (χ3v) is 4.53. The Labute approximate surface area is 161 Å². The second kappa shape index (κ2) is 10.3. The van der Waals surface area contributed by atoms with Crippen molar-refractivity contribution in [3.63, 3.8) is 0 Å². The van der Waals surface area contributed by atoms with Crippen molar-refractivity contribution in [2.75, 3.05) is 20.2 Å². The lowest BCUT2D eigenvalue weighted by atomic mass is 10.2. The highest BCUT2D eigenvalue weighted by atomic mass is 32.1. The minimum absolute atomic E-state index is 0.0124. The molecular formula is C19H22N2O5S. The summed E-state index contributed by atoms with van der Waals surface area (Å²) in [4.78, 5) is 36.6. The number of benzene rings is 1. The van der Waals surface area contributed by atoms with Gasteiger partial charge >= 0.3 is 5.97 Å². The van der Waals surface area contributed by atoms with E-state index in [9.17, 15) is 14.4 Å². The van der Waals surface area contributed by atoms with Gasteiger partial charge in [-0.1, -0.05) is 18.2 Å². The van der Waals surface area contributed by atoms with Crippen LogP contribution in [0.2, 0.25) is 0 Å². The highest BCUT2D eigenvalue weighted by Crippen LogP contribution is 2.13. The van der Waals surface area contributed by atoms with Crippen LogP contribution in [-0.4, -0.2) is 48.0 Å². The van der Waals surface area contributed by atoms with Gasteiger partial charge in [0.2, 0.25) is 5.91 Å². The van der Waals surface area contributed by atoms with Gasteiger partial charge < -0.3 is 20.1 Å². The Morgan fingerprint density at radius 2 is 1.93 bits per heavy atom. The summed E-state index contributed by atoms with van der Waals surface area (Å²) in [6, 6.07) is 10.7. The third-order valence-electron chi connectivity index (χ3n) is 3.68. The zero-order valence-corrected chi connectivity index (χ0v) is 15.8. The molecule has 0 fully saturated rings. The summed E-state index contributed by atoms with van der Waals surface area (Å²) < 4.78 is 5.46. The molecule has 0 atom stereocenters. The number of ether oxygens (including phenoxy) is 1. The molecule has 1 heterocycles. The molecule has 0 saturated carbocycles. The molecule has 27 heavy (non-hydrogen) atoms. The van der Waals surface area contributed by atoms with Crippen LogP contribution in [0.1, 0.15) is 28.1 Å². The van der Waals surface area contributed by atoms with Crippen molar-refractivity contribution in [1.29, 1.82) is 0 Å². The van der Waals surface area contributed by atoms with Gasteiger partial charge in [0.25, 0.3) is 5.91 Å². The molecule has 0 unspecified atom stereocenters. The van der Waals surface area contributed by atoms with E-state index in [0.717, 1.165) is 5.56 Å². The maximum atomic E-state index is 12.1. The third kappa shape index (κ3) is 7.10. The summed E-state index contributed by atoms with van der Waals surface area (Å²) in [5, 5.41) is 13.2. The van der Waals surface area contributed by atoms with Crippen molar-refractivity contribution in [3.8, 4) is 5.75 Å². The van der Waals surface area contributed by atoms with Crippen molar-refractivity contribution >= 4 is 29.1 Å². The fraction of sp³-hybridized carbons (Fsp3) is 0.316. The Morgan fingerprint density at radius 3 is 2.56 bits per heavy atom. The standard InChI is InChI=1S/C19H22N2O5S/c1-21(19(25)16-4-3-11-27-16)13-17(22)20-12-14-6-8-15(9-7-14)26-10-2-5-18(23)24/h3-4,6-9,11H,2,5,10,12-13H2,1H3,(H,20,22)(H,23,24). The largest absolute Gasteiger partial charge is 0.494 e. The Kier molecular flexibility index (Phi) is 7.81. The van der Waals surface area contributed by atoms with E-state index >= 15 is 0 Å². The maximum absolute atomic E-state index is 12.1. The van der Waals surface area contributed by atoms with E-state index < -0.39 is 5.97 Å². The van der Waals surface area contributed by atoms with Crippen LogP contribution in [0.4, 0.5) is 0 Å². The number of carbonyl (C=O) groups excluding carboxylic acids is 2. The summed E-state index contributed by atoms with van der Waals surface area (Å²) in [7, 11) is 1.60. The SMILES string of the molecule is CN(CC(=O)NCc1ccc(OCCCC(=O)O)cc1)C(=O)c1cccs1. The Morgan fingerprint density at radius 1 is 1.19 bits per heavy atom. The molecule has 1 aromatic carbocycles. The van der Waals surface area contributed by atoms with Crippen LogP contribution in [0.3, 0.4) is 0 Å². The molecule has 0 bridgehead atoms. The number of nitrogens with one attached hydrogen (secondary N) is 1. The zero-order chi connectivity index (χ0) is 19.6. The highest BCUT2D eigenvalue weighted by molar-refractivity contribution is 7.12. The lowest BCUT2D eigenvalue weighted by molar-refractivity contribution is -0.137. The predicted octanol–water partition coefficient (Wildman–Crippen LogP) is 2.38. The normalized spacial score (nSPS) is 10.3. The highest BCUT2D eigenvalue weighted by Gasteiger charge is 2.15. The summed E-state index contributed by atoms with van der Waals surface area (Å²) in [6.45, 7) is 0.674. The Balaban J connectivity index is 1.71. The smallest absolute Gasteiger partial charge is 0.303 e. The molecule has 2 N–H and O–H groups in total. The van der Waals surface area contributed by atoms with E-state index in [-0.39, 0.29) is 24.8 Å². The van der Waals surface area contributed by atoms with Crippen molar-refractivity contribution in [2.45, 2.75) is 19.4 Å². The molecule has 144 valence electrons. The number of carboxylic acids is 1. The first-order chi connectivity index (χ1) is 13.0. The Bertz CT molecular complexity index is 759. The molecule has 2 rings (SSSR count). The Hall–Kier alpha value is -2.87. The molecule has 0 aliphatic carbocycles.